The van der Waals surface area contributed by atoms with Gasteiger partial charge in [-0.25, -0.2) is 13.6 Å². The molecule has 7 nitrogen and oxygen atoms in total. The molecular weight excluding hydrogens is 330 g/mol. The van der Waals surface area contributed by atoms with Gasteiger partial charge in [-0.05, 0) is 30.0 Å². The van der Waals surface area contributed by atoms with Crippen molar-refractivity contribution in [1.82, 2.24) is 10.5 Å². The van der Waals surface area contributed by atoms with E-state index in [-0.39, 0.29) is 33.9 Å². The first-order chi connectivity index (χ1) is 11.1. The van der Waals surface area contributed by atoms with Gasteiger partial charge in [0.15, 0.2) is 5.69 Å². The molecule has 0 bridgehead atoms. The normalized spacial score (nSPS) is 22.2. The zero-order valence-corrected chi connectivity index (χ0v) is 14.4. The van der Waals surface area contributed by atoms with Crippen molar-refractivity contribution in [3.63, 3.8) is 0 Å². The van der Waals surface area contributed by atoms with Crippen molar-refractivity contribution in [1.29, 1.82) is 0 Å². The molecule has 3 rings (SSSR count). The van der Waals surface area contributed by atoms with E-state index >= 15 is 0 Å². The number of aromatic nitrogens is 1. The zero-order chi connectivity index (χ0) is 17.7. The van der Waals surface area contributed by atoms with Crippen molar-refractivity contribution in [2.75, 3.05) is 0 Å². The average molecular weight is 349 g/mol. The molecule has 0 aliphatic heterocycles. The Morgan fingerprint density at radius 1 is 1.29 bits per heavy atom. The SMILES string of the molecule is Cc1cc(C(=O)N[C@H]2[C@H](c3ccc(S(N)(=O)=O)cc3)C2(C)C)no1. The Hall–Kier alpha value is -2.19. The van der Waals surface area contributed by atoms with Gasteiger partial charge in [-0.2, -0.15) is 0 Å². The van der Waals surface area contributed by atoms with Gasteiger partial charge >= 0.3 is 0 Å². The lowest BCUT2D eigenvalue weighted by molar-refractivity contribution is 0.0936. The van der Waals surface area contributed by atoms with Crippen molar-refractivity contribution >= 4 is 15.9 Å². The molecule has 1 amide bonds. The maximum Gasteiger partial charge on any atom is 0.273 e. The van der Waals surface area contributed by atoms with Gasteiger partial charge in [-0.3, -0.25) is 4.79 Å². The zero-order valence-electron chi connectivity index (χ0n) is 13.6. The fraction of sp³-hybridized carbons (Fsp3) is 0.375. The smallest absolute Gasteiger partial charge is 0.273 e. The van der Waals surface area contributed by atoms with E-state index in [1.165, 1.54) is 12.1 Å². The van der Waals surface area contributed by atoms with E-state index in [1.807, 2.05) is 13.8 Å². The lowest BCUT2D eigenvalue weighted by Gasteiger charge is -2.04. The third kappa shape index (κ3) is 2.94. The Balaban J connectivity index is 1.76. The van der Waals surface area contributed by atoms with E-state index < -0.39 is 10.0 Å². The van der Waals surface area contributed by atoms with E-state index in [1.54, 1.807) is 25.1 Å². The Morgan fingerprint density at radius 2 is 1.92 bits per heavy atom. The summed E-state index contributed by atoms with van der Waals surface area (Å²) in [6.07, 6.45) is 0. The van der Waals surface area contributed by atoms with Crippen molar-refractivity contribution < 1.29 is 17.7 Å². The first kappa shape index (κ1) is 16.7. The molecule has 1 aromatic heterocycles. The van der Waals surface area contributed by atoms with E-state index in [0.29, 0.717) is 5.76 Å². The number of aryl methyl sites for hydroxylation is 1. The molecule has 0 unspecified atom stereocenters. The van der Waals surface area contributed by atoms with Crippen molar-refractivity contribution in [3.05, 3.63) is 47.3 Å². The van der Waals surface area contributed by atoms with Crippen LogP contribution in [-0.2, 0) is 10.0 Å². The van der Waals surface area contributed by atoms with Crippen LogP contribution in [0.15, 0.2) is 39.8 Å². The summed E-state index contributed by atoms with van der Waals surface area (Å²) in [7, 11) is -3.71. The summed E-state index contributed by atoms with van der Waals surface area (Å²) in [6, 6.07) is 7.96. The molecule has 128 valence electrons. The summed E-state index contributed by atoms with van der Waals surface area (Å²) < 4.78 is 27.6. The highest BCUT2D eigenvalue weighted by Crippen LogP contribution is 2.58. The molecule has 1 heterocycles. The molecule has 8 heteroatoms. The summed E-state index contributed by atoms with van der Waals surface area (Å²) in [5.41, 5.74) is 1.06. The number of carbonyl (C=O) groups is 1. The van der Waals surface area contributed by atoms with Gasteiger partial charge in [0.05, 0.1) is 4.90 Å². The topological polar surface area (TPSA) is 115 Å². The first-order valence-electron chi connectivity index (χ1n) is 7.47. The standard InChI is InChI=1S/C16H19N3O4S/c1-9-8-12(19-23-9)15(20)18-14-13(16(14,2)3)10-4-6-11(7-5-10)24(17,21)22/h4-8,13-14H,1-3H3,(H,18,20)(H2,17,21,22)/t13-,14-/m0/s1. The van der Waals surface area contributed by atoms with Gasteiger partial charge in [0.25, 0.3) is 5.91 Å². The number of benzene rings is 1. The minimum atomic E-state index is -3.71. The van der Waals surface area contributed by atoms with Crippen molar-refractivity contribution in [2.45, 2.75) is 37.6 Å². The lowest BCUT2D eigenvalue weighted by Crippen LogP contribution is -2.29. The Kier molecular flexibility index (Phi) is 3.76. The predicted molar refractivity (Wildman–Crippen MR) is 86.8 cm³/mol. The molecule has 1 aliphatic carbocycles. The van der Waals surface area contributed by atoms with Crippen LogP contribution in [0.3, 0.4) is 0 Å². The second kappa shape index (κ2) is 5.42. The van der Waals surface area contributed by atoms with Crippen LogP contribution in [0.2, 0.25) is 0 Å². The average Bonchev–Trinajstić information content (AvgIpc) is 2.82. The number of amides is 1. The van der Waals surface area contributed by atoms with Crippen LogP contribution in [0.5, 0.6) is 0 Å². The second-order valence-corrected chi connectivity index (χ2v) is 8.25. The summed E-state index contributed by atoms with van der Waals surface area (Å²) in [5.74, 6) is 0.378. The molecule has 1 saturated carbocycles. The number of carbonyl (C=O) groups excluding carboxylic acids is 1. The molecule has 0 spiro atoms. The van der Waals surface area contributed by atoms with Gasteiger partial charge < -0.3 is 9.84 Å². The number of nitrogens with zero attached hydrogens (tertiary/aromatic N) is 1. The summed E-state index contributed by atoms with van der Waals surface area (Å²) in [6.45, 7) is 5.81. The number of sulfonamides is 1. The van der Waals surface area contributed by atoms with Crippen molar-refractivity contribution in [3.8, 4) is 0 Å². The van der Waals surface area contributed by atoms with E-state index in [9.17, 15) is 13.2 Å². The summed E-state index contributed by atoms with van der Waals surface area (Å²) in [5, 5.41) is 11.8. The molecule has 24 heavy (non-hydrogen) atoms. The molecule has 3 N–H and O–H groups in total. The fourth-order valence-corrected chi connectivity index (χ4v) is 3.60. The molecule has 1 aliphatic rings. The minimum Gasteiger partial charge on any atom is -0.361 e. The molecule has 1 aromatic carbocycles. The molecule has 2 aromatic rings. The molecule has 1 fully saturated rings. The lowest BCUT2D eigenvalue weighted by atomic mass is 10.0. The quantitative estimate of drug-likeness (QED) is 0.869. The van der Waals surface area contributed by atoms with Crippen LogP contribution in [0, 0.1) is 12.3 Å². The molecule has 0 radical (unpaired) electrons. The summed E-state index contributed by atoms with van der Waals surface area (Å²) in [4.78, 5) is 12.3. The highest BCUT2D eigenvalue weighted by molar-refractivity contribution is 7.89. The van der Waals surface area contributed by atoms with Gasteiger partial charge in [0.1, 0.15) is 5.76 Å². The first-order valence-corrected chi connectivity index (χ1v) is 9.02. The monoisotopic (exact) mass is 349 g/mol. The molecular formula is C16H19N3O4S. The molecule has 0 saturated heterocycles. The maximum absolute atomic E-state index is 12.2. The second-order valence-electron chi connectivity index (χ2n) is 6.69. The number of primary sulfonamides is 1. The third-order valence-corrected chi connectivity index (χ3v) is 5.47. The minimum absolute atomic E-state index is 0.0673. The number of hydrogen-bond donors (Lipinski definition) is 2. The number of nitrogens with one attached hydrogen (secondary N) is 1. The summed E-state index contributed by atoms with van der Waals surface area (Å²) >= 11 is 0. The predicted octanol–water partition coefficient (Wildman–Crippen LogP) is 1.55. The third-order valence-electron chi connectivity index (χ3n) is 4.54. The Morgan fingerprint density at radius 3 is 2.42 bits per heavy atom. The van der Waals surface area contributed by atoms with Gasteiger partial charge in [0, 0.05) is 18.0 Å². The van der Waals surface area contributed by atoms with Crippen molar-refractivity contribution in [2.24, 2.45) is 10.6 Å². The fourth-order valence-electron chi connectivity index (χ4n) is 3.08. The van der Waals surface area contributed by atoms with E-state index in [0.717, 1.165) is 5.56 Å². The number of nitrogens with two attached hydrogens (primary N) is 1. The van der Waals surface area contributed by atoms with Crippen LogP contribution in [0.25, 0.3) is 0 Å². The number of rotatable bonds is 4. The van der Waals surface area contributed by atoms with Gasteiger partial charge in [-0.1, -0.05) is 31.1 Å². The maximum atomic E-state index is 12.2. The largest absolute Gasteiger partial charge is 0.361 e. The van der Waals surface area contributed by atoms with Crippen LogP contribution in [0.4, 0.5) is 0 Å². The Labute approximate surface area is 140 Å². The van der Waals surface area contributed by atoms with Crippen LogP contribution >= 0.6 is 0 Å². The molecule has 2 atom stereocenters. The van der Waals surface area contributed by atoms with E-state index in [2.05, 4.69) is 10.5 Å². The van der Waals surface area contributed by atoms with E-state index in [4.69, 9.17) is 9.66 Å². The van der Waals surface area contributed by atoms with Gasteiger partial charge in [0.2, 0.25) is 10.0 Å². The van der Waals surface area contributed by atoms with Crippen LogP contribution in [0.1, 0.15) is 41.6 Å². The van der Waals surface area contributed by atoms with Gasteiger partial charge in [-0.15, -0.1) is 0 Å². The Bertz CT molecular complexity index is 884. The van der Waals surface area contributed by atoms with Crippen LogP contribution < -0.4 is 10.5 Å². The highest BCUT2D eigenvalue weighted by atomic mass is 32.2. The number of hydrogen-bond acceptors (Lipinski definition) is 5. The highest BCUT2D eigenvalue weighted by Gasteiger charge is 2.59. The van der Waals surface area contributed by atoms with Crippen LogP contribution in [-0.4, -0.2) is 25.5 Å².